The molecular weight excluding hydrogens is 482 g/mol. The van der Waals surface area contributed by atoms with Gasteiger partial charge in [-0.3, -0.25) is 14.6 Å². The first-order valence-corrected chi connectivity index (χ1v) is 12.9. The number of nitrogens with two attached hydrogens (primary N) is 1. The molecule has 0 atom stereocenters. The van der Waals surface area contributed by atoms with E-state index >= 15 is 0 Å². The van der Waals surface area contributed by atoms with Crippen molar-refractivity contribution < 1.29 is 19.4 Å². The Balaban J connectivity index is 1.53. The number of nitrogen functional groups attached to an aromatic ring is 1. The van der Waals surface area contributed by atoms with Gasteiger partial charge >= 0.3 is 5.97 Å². The van der Waals surface area contributed by atoms with Crippen LogP contribution in [0.1, 0.15) is 67.1 Å². The van der Waals surface area contributed by atoms with Gasteiger partial charge in [0.1, 0.15) is 11.6 Å². The molecule has 0 spiro atoms. The Morgan fingerprint density at radius 2 is 1.84 bits per heavy atom. The molecular formula is C29H31N5O4. The van der Waals surface area contributed by atoms with Gasteiger partial charge in [0.2, 0.25) is 0 Å². The fourth-order valence-electron chi connectivity index (χ4n) is 5.44. The number of hydrogen-bond acceptors (Lipinski definition) is 7. The summed E-state index contributed by atoms with van der Waals surface area (Å²) in [4.78, 5) is 33.7. The van der Waals surface area contributed by atoms with Crippen molar-refractivity contribution in [3.8, 4) is 28.1 Å². The van der Waals surface area contributed by atoms with Crippen LogP contribution in [0.3, 0.4) is 0 Å². The highest BCUT2D eigenvalue weighted by molar-refractivity contribution is 6.00. The Bertz CT molecular complexity index is 1520. The number of carbonyl (C=O) groups is 2. The molecule has 3 heterocycles. The number of benzene rings is 1. The summed E-state index contributed by atoms with van der Waals surface area (Å²) in [6, 6.07) is 9.98. The van der Waals surface area contributed by atoms with Crippen LogP contribution in [0.25, 0.3) is 28.0 Å². The highest BCUT2D eigenvalue weighted by Crippen LogP contribution is 2.39. The van der Waals surface area contributed by atoms with E-state index in [1.54, 1.807) is 19.5 Å². The third-order valence-corrected chi connectivity index (χ3v) is 7.56. The number of ether oxygens (including phenoxy) is 1. The second-order valence-electron chi connectivity index (χ2n) is 9.81. The normalized spacial score (nSPS) is 17.4. The topological polar surface area (TPSA) is 133 Å². The number of rotatable bonds is 7. The zero-order valence-electron chi connectivity index (χ0n) is 21.8. The number of aliphatic carboxylic acids is 1. The van der Waals surface area contributed by atoms with Crippen molar-refractivity contribution in [2.75, 3.05) is 12.8 Å². The number of pyridine rings is 1. The highest BCUT2D eigenvalue weighted by atomic mass is 16.5. The average molecular weight is 514 g/mol. The van der Waals surface area contributed by atoms with Crippen molar-refractivity contribution in [3.63, 3.8) is 0 Å². The largest absolute Gasteiger partial charge is 0.496 e. The second-order valence-corrected chi connectivity index (χ2v) is 9.81. The first kappa shape index (κ1) is 25.4. The van der Waals surface area contributed by atoms with Crippen molar-refractivity contribution >= 4 is 23.2 Å². The molecule has 1 fully saturated rings. The second kappa shape index (κ2) is 10.2. The standard InChI is InChI=1S/C29H31N5O4/c1-4-17-13-20(10-12-24(17)38-3)23-11-9-21(14-31-23)22-15-32-34-27(30)25(16(2)35)26(33-28(22)34)18-5-7-19(8-6-18)29(36)37/h9-15,18-19H,4-8,30H2,1-3H3,(H,36,37)/t18-,19-. The number of aryl methyl sites for hydroxylation is 1. The average Bonchev–Trinajstić information content (AvgIpc) is 3.37. The van der Waals surface area contributed by atoms with Gasteiger partial charge in [-0.15, -0.1) is 0 Å². The minimum atomic E-state index is -0.771. The lowest BCUT2D eigenvalue weighted by atomic mass is 9.79. The van der Waals surface area contributed by atoms with Crippen molar-refractivity contribution in [2.45, 2.75) is 51.9 Å². The summed E-state index contributed by atoms with van der Waals surface area (Å²) in [6.07, 6.45) is 6.71. The lowest BCUT2D eigenvalue weighted by Gasteiger charge is -2.27. The fraction of sp³-hybridized carbons (Fsp3) is 0.345. The molecule has 1 aliphatic rings. The quantitative estimate of drug-likeness (QED) is 0.323. The third-order valence-electron chi connectivity index (χ3n) is 7.56. The van der Waals surface area contributed by atoms with Crippen LogP contribution >= 0.6 is 0 Å². The van der Waals surface area contributed by atoms with Crippen molar-refractivity contribution in [2.24, 2.45) is 5.92 Å². The maximum atomic E-state index is 12.6. The number of carboxylic acids is 1. The third kappa shape index (κ3) is 4.49. The van der Waals surface area contributed by atoms with E-state index in [9.17, 15) is 14.7 Å². The number of methoxy groups -OCH3 is 1. The number of carbonyl (C=O) groups excluding carboxylic acids is 1. The SMILES string of the molecule is CCc1cc(-c2ccc(-c3cnn4c(N)c(C(C)=O)c([C@H]5CC[C@H](C(=O)O)CC5)nc34)cn2)ccc1OC. The summed E-state index contributed by atoms with van der Waals surface area (Å²) >= 11 is 0. The highest BCUT2D eigenvalue weighted by Gasteiger charge is 2.31. The van der Waals surface area contributed by atoms with Crippen LogP contribution in [-0.4, -0.2) is 43.6 Å². The van der Waals surface area contributed by atoms with Gasteiger partial charge in [-0.2, -0.15) is 9.61 Å². The van der Waals surface area contributed by atoms with Gasteiger partial charge in [0.25, 0.3) is 0 Å². The zero-order valence-corrected chi connectivity index (χ0v) is 21.8. The number of carboxylic acid groups (broad SMARTS) is 1. The Kier molecular flexibility index (Phi) is 6.84. The maximum Gasteiger partial charge on any atom is 0.306 e. The number of nitrogens with zero attached hydrogens (tertiary/aromatic N) is 4. The van der Waals surface area contributed by atoms with Gasteiger partial charge in [-0.1, -0.05) is 13.0 Å². The fourth-order valence-corrected chi connectivity index (χ4v) is 5.44. The summed E-state index contributed by atoms with van der Waals surface area (Å²) in [5.41, 5.74) is 12.6. The van der Waals surface area contributed by atoms with E-state index in [0.717, 1.165) is 40.1 Å². The van der Waals surface area contributed by atoms with Crippen LogP contribution in [0, 0.1) is 5.92 Å². The lowest BCUT2D eigenvalue weighted by Crippen LogP contribution is -2.23. The zero-order chi connectivity index (χ0) is 27.0. The van der Waals surface area contributed by atoms with Crippen molar-refractivity contribution in [1.29, 1.82) is 0 Å². The number of ketones is 1. The molecule has 0 bridgehead atoms. The van der Waals surface area contributed by atoms with E-state index in [4.69, 9.17) is 20.4 Å². The Hall–Kier alpha value is -4.27. The molecule has 1 saturated carbocycles. The molecule has 0 saturated heterocycles. The van der Waals surface area contributed by atoms with Gasteiger partial charge in [-0.25, -0.2) is 4.98 Å². The summed E-state index contributed by atoms with van der Waals surface area (Å²) in [6.45, 7) is 3.56. The number of anilines is 1. The van der Waals surface area contributed by atoms with E-state index in [0.29, 0.717) is 42.6 Å². The summed E-state index contributed by atoms with van der Waals surface area (Å²) in [5.74, 6) is -0.238. The first-order valence-electron chi connectivity index (χ1n) is 12.9. The molecule has 1 aromatic carbocycles. The maximum absolute atomic E-state index is 12.6. The summed E-state index contributed by atoms with van der Waals surface area (Å²) in [7, 11) is 1.67. The van der Waals surface area contributed by atoms with Crippen LogP contribution in [0.5, 0.6) is 5.75 Å². The molecule has 0 aliphatic heterocycles. The molecule has 0 radical (unpaired) electrons. The molecule has 3 N–H and O–H groups in total. The monoisotopic (exact) mass is 513 g/mol. The smallest absolute Gasteiger partial charge is 0.306 e. The molecule has 0 amide bonds. The van der Waals surface area contributed by atoms with E-state index in [1.165, 1.54) is 11.4 Å². The number of hydrogen-bond donors (Lipinski definition) is 2. The molecule has 1 aliphatic carbocycles. The summed E-state index contributed by atoms with van der Waals surface area (Å²) < 4.78 is 6.95. The first-order chi connectivity index (χ1) is 18.3. The Morgan fingerprint density at radius 1 is 1.11 bits per heavy atom. The van der Waals surface area contributed by atoms with E-state index in [1.807, 2.05) is 24.3 Å². The van der Waals surface area contributed by atoms with Gasteiger partial charge < -0.3 is 15.6 Å². The van der Waals surface area contributed by atoms with Gasteiger partial charge in [0, 0.05) is 28.8 Å². The number of aromatic nitrogens is 4. The van der Waals surface area contributed by atoms with Crippen molar-refractivity contribution in [3.05, 3.63) is 59.5 Å². The molecule has 3 aromatic heterocycles. The Morgan fingerprint density at radius 3 is 2.45 bits per heavy atom. The molecule has 38 heavy (non-hydrogen) atoms. The van der Waals surface area contributed by atoms with E-state index in [2.05, 4.69) is 18.1 Å². The minimum Gasteiger partial charge on any atom is -0.496 e. The van der Waals surface area contributed by atoms with E-state index in [-0.39, 0.29) is 23.4 Å². The van der Waals surface area contributed by atoms with Crippen molar-refractivity contribution in [1.82, 2.24) is 19.6 Å². The molecule has 9 nitrogen and oxygen atoms in total. The number of fused-ring (bicyclic) bond motifs is 1. The van der Waals surface area contributed by atoms with E-state index < -0.39 is 5.97 Å². The van der Waals surface area contributed by atoms with Gasteiger partial charge in [0.05, 0.1) is 36.2 Å². The molecule has 9 heteroatoms. The molecule has 0 unspecified atom stereocenters. The van der Waals surface area contributed by atoms with Crippen LogP contribution in [0.15, 0.2) is 42.7 Å². The summed E-state index contributed by atoms with van der Waals surface area (Å²) in [5, 5.41) is 13.8. The predicted molar refractivity (Wildman–Crippen MR) is 144 cm³/mol. The van der Waals surface area contributed by atoms with Crippen LogP contribution in [0.4, 0.5) is 5.82 Å². The predicted octanol–water partition coefficient (Wildman–Crippen LogP) is 5.17. The molecule has 196 valence electrons. The van der Waals surface area contributed by atoms with Crippen LogP contribution in [0.2, 0.25) is 0 Å². The van der Waals surface area contributed by atoms with Crippen LogP contribution in [-0.2, 0) is 11.2 Å². The lowest BCUT2D eigenvalue weighted by molar-refractivity contribution is -0.142. The minimum absolute atomic E-state index is 0.0390. The molecule has 4 aromatic rings. The molecule has 5 rings (SSSR count). The van der Waals surface area contributed by atoms with Gasteiger partial charge in [0.15, 0.2) is 11.4 Å². The number of Topliss-reactive ketones (excluding diaryl/α,β-unsaturated/α-hetero) is 1. The van der Waals surface area contributed by atoms with Gasteiger partial charge in [-0.05, 0) is 68.9 Å². The Labute approximate surface area is 220 Å². The van der Waals surface area contributed by atoms with Crippen LogP contribution < -0.4 is 10.5 Å².